The summed E-state index contributed by atoms with van der Waals surface area (Å²) in [4.78, 5) is 24.9. The van der Waals surface area contributed by atoms with E-state index in [2.05, 4.69) is 15.3 Å². The van der Waals surface area contributed by atoms with Gasteiger partial charge in [-0.15, -0.1) is 0 Å². The van der Waals surface area contributed by atoms with E-state index in [9.17, 15) is 9.59 Å². The Kier molecular flexibility index (Phi) is 10.8. The van der Waals surface area contributed by atoms with Gasteiger partial charge in [-0.2, -0.15) is 0 Å². The number of rotatable bonds is 11. The molecule has 126 valence electrons. The standard InChI is InChI=1S/C13H24N4O5/c1-13(2,3)22-12(19)4-6-20-8-9-21-7-5-15-11(18)10-16-17-14/h4-10H2,1-3H3,(H,15,18). The molecular weight excluding hydrogens is 292 g/mol. The minimum Gasteiger partial charge on any atom is -0.460 e. The van der Waals surface area contributed by atoms with Gasteiger partial charge in [0, 0.05) is 11.5 Å². The van der Waals surface area contributed by atoms with E-state index in [4.69, 9.17) is 19.7 Å². The molecule has 0 atom stereocenters. The van der Waals surface area contributed by atoms with E-state index in [0.717, 1.165) is 0 Å². The van der Waals surface area contributed by atoms with Gasteiger partial charge in [0.15, 0.2) is 0 Å². The lowest BCUT2D eigenvalue weighted by Gasteiger charge is -2.19. The fourth-order valence-corrected chi connectivity index (χ4v) is 1.28. The number of azide groups is 1. The number of hydrogen-bond acceptors (Lipinski definition) is 6. The van der Waals surface area contributed by atoms with Crippen molar-refractivity contribution in [2.24, 2.45) is 5.11 Å². The quantitative estimate of drug-likeness (QED) is 0.201. The Morgan fingerprint density at radius 3 is 2.36 bits per heavy atom. The number of esters is 1. The Bertz CT molecular complexity index is 388. The summed E-state index contributed by atoms with van der Waals surface area (Å²) < 4.78 is 15.6. The minimum atomic E-state index is -0.483. The second-order valence-corrected chi connectivity index (χ2v) is 5.30. The highest BCUT2D eigenvalue weighted by atomic mass is 16.6. The molecule has 9 heteroatoms. The first-order valence-corrected chi connectivity index (χ1v) is 7.00. The molecule has 1 N–H and O–H groups in total. The Hall–Kier alpha value is -1.83. The van der Waals surface area contributed by atoms with Crippen LogP contribution in [0.3, 0.4) is 0 Å². The SMILES string of the molecule is CC(C)(C)OC(=O)CCOCCOCCNC(=O)CN=[N+]=[N-]. The van der Waals surface area contributed by atoms with Crippen LogP contribution in [0, 0.1) is 0 Å². The van der Waals surface area contributed by atoms with Crippen LogP contribution >= 0.6 is 0 Å². The maximum absolute atomic E-state index is 11.4. The van der Waals surface area contributed by atoms with Gasteiger partial charge in [-0.25, -0.2) is 0 Å². The van der Waals surface area contributed by atoms with Crippen molar-refractivity contribution in [2.75, 3.05) is 39.5 Å². The van der Waals surface area contributed by atoms with Crippen LogP contribution in [-0.2, 0) is 23.8 Å². The Morgan fingerprint density at radius 1 is 1.14 bits per heavy atom. The van der Waals surface area contributed by atoms with Crippen molar-refractivity contribution >= 4 is 11.9 Å². The number of nitrogens with one attached hydrogen (secondary N) is 1. The molecule has 0 saturated heterocycles. The first kappa shape index (κ1) is 20.2. The molecule has 0 aliphatic heterocycles. The van der Waals surface area contributed by atoms with Gasteiger partial charge in [0.25, 0.3) is 0 Å². The monoisotopic (exact) mass is 316 g/mol. The second-order valence-electron chi connectivity index (χ2n) is 5.30. The number of amides is 1. The van der Waals surface area contributed by atoms with Crippen molar-refractivity contribution in [1.82, 2.24) is 5.32 Å². The fraction of sp³-hybridized carbons (Fsp3) is 0.846. The van der Waals surface area contributed by atoms with E-state index in [1.54, 1.807) is 0 Å². The van der Waals surface area contributed by atoms with Crippen LogP contribution in [0.4, 0.5) is 0 Å². The Balaban J connectivity index is 3.35. The van der Waals surface area contributed by atoms with Gasteiger partial charge in [-0.3, -0.25) is 9.59 Å². The van der Waals surface area contributed by atoms with Gasteiger partial charge in [0.1, 0.15) is 12.1 Å². The van der Waals surface area contributed by atoms with Gasteiger partial charge >= 0.3 is 5.97 Å². The van der Waals surface area contributed by atoms with Crippen LogP contribution in [0.25, 0.3) is 10.4 Å². The van der Waals surface area contributed by atoms with Gasteiger partial charge in [0.2, 0.25) is 5.91 Å². The summed E-state index contributed by atoms with van der Waals surface area (Å²) in [7, 11) is 0. The molecule has 1 amide bonds. The summed E-state index contributed by atoms with van der Waals surface area (Å²) in [5, 5.41) is 5.65. The zero-order valence-corrected chi connectivity index (χ0v) is 13.3. The second kappa shape index (κ2) is 11.8. The molecule has 0 aliphatic rings. The van der Waals surface area contributed by atoms with Crippen LogP contribution in [-0.4, -0.2) is 57.0 Å². The summed E-state index contributed by atoms with van der Waals surface area (Å²) in [6.45, 7) is 6.87. The fourth-order valence-electron chi connectivity index (χ4n) is 1.28. The summed E-state index contributed by atoms with van der Waals surface area (Å²) in [5.41, 5.74) is 7.55. The molecule has 9 nitrogen and oxygen atoms in total. The highest BCUT2D eigenvalue weighted by molar-refractivity contribution is 5.78. The zero-order chi connectivity index (χ0) is 16.8. The largest absolute Gasteiger partial charge is 0.460 e. The van der Waals surface area contributed by atoms with Crippen LogP contribution < -0.4 is 5.32 Å². The molecule has 0 aliphatic carbocycles. The van der Waals surface area contributed by atoms with E-state index in [1.165, 1.54) is 0 Å². The third kappa shape index (κ3) is 14.6. The number of carbonyl (C=O) groups excluding carboxylic acids is 2. The maximum atomic E-state index is 11.4. The van der Waals surface area contributed by atoms with Gasteiger partial charge in [-0.05, 0) is 26.3 Å². The molecule has 22 heavy (non-hydrogen) atoms. The topological polar surface area (TPSA) is 123 Å². The van der Waals surface area contributed by atoms with Crippen LogP contribution in [0.15, 0.2) is 5.11 Å². The van der Waals surface area contributed by atoms with Crippen molar-refractivity contribution in [1.29, 1.82) is 0 Å². The van der Waals surface area contributed by atoms with Crippen LogP contribution in [0.2, 0.25) is 0 Å². The Labute approximate surface area is 129 Å². The van der Waals surface area contributed by atoms with Crippen molar-refractivity contribution < 1.29 is 23.8 Å². The zero-order valence-electron chi connectivity index (χ0n) is 13.3. The first-order valence-electron chi connectivity index (χ1n) is 7.00. The number of nitrogens with zero attached hydrogens (tertiary/aromatic N) is 3. The highest BCUT2D eigenvalue weighted by Crippen LogP contribution is 2.07. The van der Waals surface area contributed by atoms with Crippen molar-refractivity contribution in [2.45, 2.75) is 32.8 Å². The molecule has 0 spiro atoms. The van der Waals surface area contributed by atoms with E-state index in [1.807, 2.05) is 20.8 Å². The molecule has 0 bridgehead atoms. The predicted octanol–water partition coefficient (Wildman–Crippen LogP) is 1.18. The van der Waals surface area contributed by atoms with Crippen molar-refractivity contribution in [3.8, 4) is 0 Å². The minimum absolute atomic E-state index is 0.201. The summed E-state index contributed by atoms with van der Waals surface area (Å²) >= 11 is 0. The molecule has 0 rings (SSSR count). The first-order chi connectivity index (χ1) is 10.3. The lowest BCUT2D eigenvalue weighted by atomic mass is 10.2. The average Bonchev–Trinajstić information content (AvgIpc) is 2.41. The van der Waals surface area contributed by atoms with Crippen molar-refractivity contribution in [3.05, 3.63) is 10.4 Å². The van der Waals surface area contributed by atoms with Gasteiger partial charge in [-0.1, -0.05) is 5.11 Å². The van der Waals surface area contributed by atoms with E-state index >= 15 is 0 Å². The van der Waals surface area contributed by atoms with E-state index < -0.39 is 5.60 Å². The van der Waals surface area contributed by atoms with Gasteiger partial charge < -0.3 is 19.5 Å². The predicted molar refractivity (Wildman–Crippen MR) is 79.1 cm³/mol. The Morgan fingerprint density at radius 2 is 1.77 bits per heavy atom. The third-order valence-corrected chi connectivity index (χ3v) is 2.09. The molecule has 0 aromatic carbocycles. The lowest BCUT2D eigenvalue weighted by Crippen LogP contribution is -2.29. The van der Waals surface area contributed by atoms with Crippen LogP contribution in [0.5, 0.6) is 0 Å². The molecule has 0 aromatic heterocycles. The molecule has 0 fully saturated rings. The summed E-state index contributed by atoms with van der Waals surface area (Å²) in [6, 6.07) is 0. The van der Waals surface area contributed by atoms with E-state index in [-0.39, 0.29) is 31.4 Å². The van der Waals surface area contributed by atoms with E-state index in [0.29, 0.717) is 26.4 Å². The number of ether oxygens (including phenoxy) is 3. The van der Waals surface area contributed by atoms with Crippen LogP contribution in [0.1, 0.15) is 27.2 Å². The summed E-state index contributed by atoms with van der Waals surface area (Å²) in [5.74, 6) is -0.647. The normalized spacial score (nSPS) is 10.7. The summed E-state index contributed by atoms with van der Waals surface area (Å²) in [6.07, 6.45) is 0.201. The molecule has 0 radical (unpaired) electrons. The van der Waals surface area contributed by atoms with Gasteiger partial charge in [0.05, 0.1) is 32.8 Å². The molecule has 0 saturated carbocycles. The third-order valence-electron chi connectivity index (χ3n) is 2.09. The smallest absolute Gasteiger partial charge is 0.308 e. The maximum Gasteiger partial charge on any atom is 0.308 e. The number of hydrogen-bond donors (Lipinski definition) is 1. The highest BCUT2D eigenvalue weighted by Gasteiger charge is 2.15. The molecule has 0 heterocycles. The van der Waals surface area contributed by atoms with Crippen molar-refractivity contribution in [3.63, 3.8) is 0 Å². The molecule has 0 aromatic rings. The molecular formula is C13H24N4O5. The molecule has 0 unspecified atom stereocenters. The lowest BCUT2D eigenvalue weighted by molar-refractivity contribution is -0.156. The average molecular weight is 316 g/mol. The number of carbonyl (C=O) groups is 2.